The first-order valence-electron chi connectivity index (χ1n) is 5.98. The summed E-state index contributed by atoms with van der Waals surface area (Å²) < 4.78 is 25.4. The highest BCUT2D eigenvalue weighted by atomic mass is 32.2. The predicted octanol–water partition coefficient (Wildman–Crippen LogP) is -1.07. The smallest absolute Gasteiger partial charge is 0.242 e. The first-order chi connectivity index (χ1) is 9.29. The van der Waals surface area contributed by atoms with E-state index in [0.29, 0.717) is 5.56 Å². The molecule has 1 unspecified atom stereocenters. The van der Waals surface area contributed by atoms with Crippen molar-refractivity contribution in [1.82, 2.24) is 4.72 Å². The number of carbonyl (C=O) groups excluding carboxylic acids is 2. The van der Waals surface area contributed by atoms with Crippen molar-refractivity contribution < 1.29 is 18.0 Å². The summed E-state index contributed by atoms with van der Waals surface area (Å²) in [6.45, 7) is 0. The predicted molar refractivity (Wildman–Crippen MR) is 71.7 cm³/mol. The fourth-order valence-electron chi connectivity index (χ4n) is 2.07. The van der Waals surface area contributed by atoms with Crippen molar-refractivity contribution in [3.63, 3.8) is 0 Å². The van der Waals surface area contributed by atoms with E-state index >= 15 is 0 Å². The van der Waals surface area contributed by atoms with E-state index < -0.39 is 33.1 Å². The SMILES string of the molecule is NC(=O)[C@@H](N)Cc1ccc(C2CC(=O)NS2(=O)=O)cc1. The molecule has 0 spiro atoms. The minimum Gasteiger partial charge on any atom is -0.368 e. The number of rotatable bonds is 4. The Morgan fingerprint density at radius 2 is 1.95 bits per heavy atom. The van der Waals surface area contributed by atoms with Crippen LogP contribution in [0, 0.1) is 0 Å². The molecule has 2 atom stereocenters. The van der Waals surface area contributed by atoms with Crippen LogP contribution in [0.5, 0.6) is 0 Å². The van der Waals surface area contributed by atoms with Crippen LogP contribution >= 0.6 is 0 Å². The molecule has 20 heavy (non-hydrogen) atoms. The van der Waals surface area contributed by atoms with Gasteiger partial charge in [-0.1, -0.05) is 24.3 Å². The molecule has 0 aliphatic carbocycles. The number of nitrogens with two attached hydrogens (primary N) is 2. The number of primary amides is 1. The van der Waals surface area contributed by atoms with Gasteiger partial charge in [0.25, 0.3) is 0 Å². The molecule has 8 heteroatoms. The Labute approximate surface area is 116 Å². The Hall–Kier alpha value is -1.93. The van der Waals surface area contributed by atoms with Gasteiger partial charge in [-0.3, -0.25) is 14.3 Å². The molecule has 1 aromatic rings. The van der Waals surface area contributed by atoms with E-state index in [2.05, 4.69) is 0 Å². The van der Waals surface area contributed by atoms with Crippen LogP contribution in [0.3, 0.4) is 0 Å². The fourth-order valence-corrected chi connectivity index (χ4v) is 3.50. The van der Waals surface area contributed by atoms with Gasteiger partial charge in [0.05, 0.1) is 12.5 Å². The normalized spacial score (nSPS) is 22.2. The standard InChI is InChI=1S/C12H15N3O4S/c13-9(12(14)17)5-7-1-3-8(4-2-7)10-6-11(16)15-20(10,18)19/h1-4,9-10H,5-6,13H2,(H2,14,17)(H,15,16)/t9-,10?/m0/s1. The van der Waals surface area contributed by atoms with Crippen LogP contribution in [0.4, 0.5) is 0 Å². The van der Waals surface area contributed by atoms with Gasteiger partial charge in [0.15, 0.2) is 0 Å². The highest BCUT2D eigenvalue weighted by Crippen LogP contribution is 2.30. The van der Waals surface area contributed by atoms with Crippen LogP contribution in [-0.4, -0.2) is 26.3 Å². The number of benzene rings is 1. The maximum Gasteiger partial charge on any atom is 0.242 e. The third-order valence-corrected chi connectivity index (χ3v) is 4.87. The van der Waals surface area contributed by atoms with Gasteiger partial charge in [-0.15, -0.1) is 0 Å². The Balaban J connectivity index is 2.17. The second-order valence-corrected chi connectivity index (χ2v) is 6.58. The summed E-state index contributed by atoms with van der Waals surface area (Å²) in [5, 5.41) is -0.867. The summed E-state index contributed by atoms with van der Waals surface area (Å²) in [6.07, 6.45) is 0.201. The molecule has 2 amide bonds. The quantitative estimate of drug-likeness (QED) is 0.651. The maximum atomic E-state index is 11.7. The highest BCUT2D eigenvalue weighted by Gasteiger charge is 2.37. The number of carbonyl (C=O) groups is 2. The number of hydrogen-bond donors (Lipinski definition) is 3. The lowest BCUT2D eigenvalue weighted by atomic mass is 10.0. The Morgan fingerprint density at radius 1 is 1.35 bits per heavy atom. The topological polar surface area (TPSA) is 132 Å². The lowest BCUT2D eigenvalue weighted by Crippen LogP contribution is -2.38. The van der Waals surface area contributed by atoms with E-state index in [1.54, 1.807) is 24.3 Å². The van der Waals surface area contributed by atoms with E-state index in [9.17, 15) is 18.0 Å². The van der Waals surface area contributed by atoms with Crippen LogP contribution in [0.1, 0.15) is 22.8 Å². The lowest BCUT2D eigenvalue weighted by molar-refractivity contribution is -0.119. The van der Waals surface area contributed by atoms with Gasteiger partial charge in [-0.2, -0.15) is 0 Å². The summed E-state index contributed by atoms with van der Waals surface area (Å²) >= 11 is 0. The van der Waals surface area contributed by atoms with Crippen LogP contribution in [0.25, 0.3) is 0 Å². The first kappa shape index (κ1) is 14.5. The van der Waals surface area contributed by atoms with E-state index in [1.165, 1.54) is 0 Å². The number of amides is 2. The molecular weight excluding hydrogens is 282 g/mol. The minimum absolute atomic E-state index is 0.0809. The van der Waals surface area contributed by atoms with Crippen LogP contribution in [-0.2, 0) is 26.0 Å². The zero-order valence-corrected chi connectivity index (χ0v) is 11.4. The van der Waals surface area contributed by atoms with Crippen molar-refractivity contribution in [3.8, 4) is 0 Å². The molecule has 7 nitrogen and oxygen atoms in total. The van der Waals surface area contributed by atoms with Crippen molar-refractivity contribution >= 4 is 21.8 Å². The van der Waals surface area contributed by atoms with Crippen molar-refractivity contribution in [2.75, 3.05) is 0 Å². The van der Waals surface area contributed by atoms with Gasteiger partial charge in [0, 0.05) is 0 Å². The van der Waals surface area contributed by atoms with E-state index in [0.717, 1.165) is 5.56 Å². The average molecular weight is 297 g/mol. The average Bonchev–Trinajstić information content (AvgIpc) is 2.63. The van der Waals surface area contributed by atoms with Gasteiger partial charge in [-0.05, 0) is 17.5 Å². The molecule has 108 valence electrons. The van der Waals surface area contributed by atoms with Gasteiger partial charge in [-0.25, -0.2) is 8.42 Å². The molecule has 5 N–H and O–H groups in total. The third-order valence-electron chi connectivity index (χ3n) is 3.17. The molecule has 1 aliphatic heterocycles. The second kappa shape index (κ2) is 5.22. The first-order valence-corrected chi connectivity index (χ1v) is 7.52. The monoisotopic (exact) mass is 297 g/mol. The van der Waals surface area contributed by atoms with Gasteiger partial charge in [0.2, 0.25) is 21.8 Å². The zero-order valence-electron chi connectivity index (χ0n) is 10.6. The summed E-state index contributed by atoms with van der Waals surface area (Å²) in [7, 11) is -3.64. The fraction of sp³-hybridized carbons (Fsp3) is 0.333. The Bertz CT molecular complexity index is 639. The van der Waals surface area contributed by atoms with Crippen LogP contribution in [0.15, 0.2) is 24.3 Å². The van der Waals surface area contributed by atoms with Crippen LogP contribution < -0.4 is 16.2 Å². The third kappa shape index (κ3) is 2.97. The second-order valence-electron chi connectivity index (χ2n) is 4.72. The van der Waals surface area contributed by atoms with Gasteiger partial charge >= 0.3 is 0 Å². The highest BCUT2D eigenvalue weighted by molar-refractivity contribution is 7.90. The van der Waals surface area contributed by atoms with E-state index in [-0.39, 0.29) is 12.8 Å². The Kier molecular flexibility index (Phi) is 3.78. The van der Waals surface area contributed by atoms with Crippen molar-refractivity contribution in [2.24, 2.45) is 11.5 Å². The molecule has 1 fully saturated rings. The van der Waals surface area contributed by atoms with Crippen molar-refractivity contribution in [2.45, 2.75) is 24.1 Å². The molecule has 1 aromatic carbocycles. The van der Waals surface area contributed by atoms with E-state index in [4.69, 9.17) is 11.5 Å². The number of sulfonamides is 1. The zero-order chi connectivity index (χ0) is 14.9. The summed E-state index contributed by atoms with van der Waals surface area (Å²) in [5.41, 5.74) is 11.9. The van der Waals surface area contributed by atoms with Crippen LogP contribution in [0.2, 0.25) is 0 Å². The van der Waals surface area contributed by atoms with Crippen molar-refractivity contribution in [1.29, 1.82) is 0 Å². The van der Waals surface area contributed by atoms with Crippen molar-refractivity contribution in [3.05, 3.63) is 35.4 Å². The molecule has 1 saturated heterocycles. The van der Waals surface area contributed by atoms with E-state index in [1.807, 2.05) is 4.72 Å². The molecule has 0 radical (unpaired) electrons. The molecule has 1 aliphatic rings. The maximum absolute atomic E-state index is 11.7. The largest absolute Gasteiger partial charge is 0.368 e. The van der Waals surface area contributed by atoms with Gasteiger partial charge in [0.1, 0.15) is 5.25 Å². The lowest BCUT2D eigenvalue weighted by Gasteiger charge is -2.10. The molecule has 0 bridgehead atoms. The molecule has 2 rings (SSSR count). The number of nitrogens with one attached hydrogen (secondary N) is 1. The summed E-state index contributed by atoms with van der Waals surface area (Å²) in [4.78, 5) is 22.0. The summed E-state index contributed by atoms with van der Waals surface area (Å²) in [6, 6.07) is 5.81. The molecule has 0 saturated carbocycles. The summed E-state index contributed by atoms with van der Waals surface area (Å²) in [5.74, 6) is -1.10. The molecule has 1 heterocycles. The van der Waals surface area contributed by atoms with Gasteiger partial charge < -0.3 is 11.5 Å². The Morgan fingerprint density at radius 3 is 2.40 bits per heavy atom. The minimum atomic E-state index is -3.64. The molecular formula is C12H15N3O4S. The number of hydrogen-bond acceptors (Lipinski definition) is 5. The molecule has 0 aromatic heterocycles.